The van der Waals surface area contributed by atoms with E-state index in [-0.39, 0.29) is 6.61 Å². The van der Waals surface area contributed by atoms with E-state index in [1.54, 1.807) is 11.3 Å². The SMILES string of the molecule is OCCCc1csc(Cc2cccc(Br)c2)n1. The van der Waals surface area contributed by atoms with Crippen LogP contribution in [0.25, 0.3) is 0 Å². The molecule has 2 rings (SSSR count). The summed E-state index contributed by atoms with van der Waals surface area (Å²) in [5, 5.41) is 12.0. The van der Waals surface area contributed by atoms with E-state index in [1.807, 2.05) is 12.1 Å². The number of halogens is 1. The van der Waals surface area contributed by atoms with Gasteiger partial charge in [0.05, 0.1) is 10.7 Å². The third-order valence-corrected chi connectivity index (χ3v) is 3.83. The van der Waals surface area contributed by atoms with Gasteiger partial charge in [0.2, 0.25) is 0 Å². The van der Waals surface area contributed by atoms with Crippen molar-refractivity contribution in [3.63, 3.8) is 0 Å². The molecule has 0 saturated carbocycles. The highest BCUT2D eigenvalue weighted by Crippen LogP contribution is 2.18. The first-order chi connectivity index (χ1) is 8.28. The van der Waals surface area contributed by atoms with Crippen molar-refractivity contribution < 1.29 is 5.11 Å². The number of hydrogen-bond acceptors (Lipinski definition) is 3. The Bertz CT molecular complexity index is 484. The Morgan fingerprint density at radius 2 is 2.24 bits per heavy atom. The Balaban J connectivity index is 2.01. The van der Waals surface area contributed by atoms with E-state index in [1.165, 1.54) is 5.56 Å². The maximum Gasteiger partial charge on any atom is 0.0972 e. The average Bonchev–Trinajstić information content (AvgIpc) is 2.74. The predicted octanol–water partition coefficient (Wildman–Crippen LogP) is 3.42. The fraction of sp³-hybridized carbons (Fsp3) is 0.308. The van der Waals surface area contributed by atoms with E-state index in [9.17, 15) is 0 Å². The monoisotopic (exact) mass is 311 g/mol. The number of aliphatic hydroxyl groups is 1. The van der Waals surface area contributed by atoms with Crippen LogP contribution in [0.5, 0.6) is 0 Å². The molecule has 0 amide bonds. The van der Waals surface area contributed by atoms with E-state index in [0.717, 1.165) is 34.4 Å². The minimum atomic E-state index is 0.235. The Labute approximate surface area is 113 Å². The fourth-order valence-corrected chi connectivity index (χ4v) is 2.94. The Hall–Kier alpha value is -0.710. The van der Waals surface area contributed by atoms with E-state index >= 15 is 0 Å². The van der Waals surface area contributed by atoms with Gasteiger partial charge in [-0.2, -0.15) is 0 Å². The molecule has 0 atom stereocenters. The molecule has 1 aromatic heterocycles. The van der Waals surface area contributed by atoms with Gasteiger partial charge in [-0.25, -0.2) is 4.98 Å². The average molecular weight is 312 g/mol. The molecule has 1 heterocycles. The first-order valence-electron chi connectivity index (χ1n) is 5.56. The van der Waals surface area contributed by atoms with Crippen LogP contribution in [-0.4, -0.2) is 16.7 Å². The second-order valence-corrected chi connectivity index (χ2v) is 5.72. The summed E-state index contributed by atoms with van der Waals surface area (Å²) in [4.78, 5) is 4.56. The number of aliphatic hydroxyl groups excluding tert-OH is 1. The zero-order valence-corrected chi connectivity index (χ0v) is 11.8. The van der Waals surface area contributed by atoms with Crippen molar-refractivity contribution in [3.05, 3.63) is 50.4 Å². The van der Waals surface area contributed by atoms with Crippen molar-refractivity contribution in [2.45, 2.75) is 19.3 Å². The highest BCUT2D eigenvalue weighted by atomic mass is 79.9. The summed E-state index contributed by atoms with van der Waals surface area (Å²) in [6.45, 7) is 0.235. The van der Waals surface area contributed by atoms with Crippen LogP contribution >= 0.6 is 27.3 Å². The summed E-state index contributed by atoms with van der Waals surface area (Å²) < 4.78 is 1.10. The van der Waals surface area contributed by atoms with Gasteiger partial charge in [-0.15, -0.1) is 11.3 Å². The van der Waals surface area contributed by atoms with E-state index < -0.39 is 0 Å². The van der Waals surface area contributed by atoms with Crippen LogP contribution in [0.15, 0.2) is 34.1 Å². The Morgan fingerprint density at radius 1 is 1.35 bits per heavy atom. The van der Waals surface area contributed by atoms with Gasteiger partial charge in [-0.3, -0.25) is 0 Å². The quantitative estimate of drug-likeness (QED) is 0.917. The first-order valence-corrected chi connectivity index (χ1v) is 7.24. The maximum absolute atomic E-state index is 8.77. The molecule has 0 unspecified atom stereocenters. The van der Waals surface area contributed by atoms with Gasteiger partial charge < -0.3 is 5.11 Å². The number of benzene rings is 1. The van der Waals surface area contributed by atoms with Crippen molar-refractivity contribution in [1.82, 2.24) is 4.98 Å². The topological polar surface area (TPSA) is 33.1 Å². The molecule has 0 aliphatic carbocycles. The van der Waals surface area contributed by atoms with Crippen LogP contribution in [-0.2, 0) is 12.8 Å². The third kappa shape index (κ3) is 3.91. The van der Waals surface area contributed by atoms with Gasteiger partial charge in [-0.05, 0) is 30.5 Å². The minimum Gasteiger partial charge on any atom is -0.396 e. The number of aromatic nitrogens is 1. The highest BCUT2D eigenvalue weighted by Gasteiger charge is 2.03. The van der Waals surface area contributed by atoms with Crippen molar-refractivity contribution >= 4 is 27.3 Å². The fourth-order valence-electron chi connectivity index (χ4n) is 1.63. The van der Waals surface area contributed by atoms with Crippen LogP contribution in [0.2, 0.25) is 0 Å². The van der Waals surface area contributed by atoms with E-state index in [0.29, 0.717) is 0 Å². The largest absolute Gasteiger partial charge is 0.396 e. The zero-order valence-electron chi connectivity index (χ0n) is 9.40. The lowest BCUT2D eigenvalue weighted by Gasteiger charge is -1.98. The molecule has 0 aliphatic heterocycles. The number of rotatable bonds is 5. The molecule has 0 spiro atoms. The van der Waals surface area contributed by atoms with Crippen molar-refractivity contribution in [3.8, 4) is 0 Å². The van der Waals surface area contributed by atoms with Gasteiger partial charge in [0, 0.05) is 22.9 Å². The Morgan fingerprint density at radius 3 is 3.00 bits per heavy atom. The molecule has 1 N–H and O–H groups in total. The van der Waals surface area contributed by atoms with Crippen LogP contribution in [0.4, 0.5) is 0 Å². The molecule has 90 valence electrons. The molecule has 1 aromatic carbocycles. The molecule has 2 nitrogen and oxygen atoms in total. The molecule has 0 fully saturated rings. The van der Waals surface area contributed by atoms with Crippen LogP contribution < -0.4 is 0 Å². The molecule has 17 heavy (non-hydrogen) atoms. The highest BCUT2D eigenvalue weighted by molar-refractivity contribution is 9.10. The molecule has 4 heteroatoms. The lowest BCUT2D eigenvalue weighted by atomic mass is 10.2. The van der Waals surface area contributed by atoms with Crippen molar-refractivity contribution in [2.24, 2.45) is 0 Å². The minimum absolute atomic E-state index is 0.235. The molecule has 0 aliphatic rings. The zero-order chi connectivity index (χ0) is 12.1. The summed E-state index contributed by atoms with van der Waals surface area (Å²) in [5.41, 5.74) is 2.36. The first kappa shape index (κ1) is 12.7. The molecular formula is C13H14BrNOS. The molecular weight excluding hydrogens is 298 g/mol. The number of nitrogens with zero attached hydrogens (tertiary/aromatic N) is 1. The molecule has 0 saturated heterocycles. The Kier molecular flexibility index (Phi) is 4.71. The predicted molar refractivity (Wildman–Crippen MR) is 74.5 cm³/mol. The van der Waals surface area contributed by atoms with Crippen LogP contribution in [0.3, 0.4) is 0 Å². The van der Waals surface area contributed by atoms with Crippen molar-refractivity contribution in [1.29, 1.82) is 0 Å². The molecule has 2 aromatic rings. The summed E-state index contributed by atoms with van der Waals surface area (Å²) >= 11 is 5.16. The van der Waals surface area contributed by atoms with E-state index in [4.69, 9.17) is 5.11 Å². The van der Waals surface area contributed by atoms with Crippen molar-refractivity contribution in [2.75, 3.05) is 6.61 Å². The van der Waals surface area contributed by atoms with Gasteiger partial charge >= 0.3 is 0 Å². The lowest BCUT2D eigenvalue weighted by molar-refractivity contribution is 0.288. The standard InChI is InChI=1S/C13H14BrNOS/c14-11-4-1-3-10(7-11)8-13-15-12(9-17-13)5-2-6-16/h1,3-4,7,9,16H,2,5-6,8H2. The summed E-state index contributed by atoms with van der Waals surface area (Å²) in [7, 11) is 0. The second kappa shape index (κ2) is 6.28. The summed E-state index contributed by atoms with van der Waals surface area (Å²) in [6.07, 6.45) is 2.54. The number of aryl methyl sites for hydroxylation is 1. The molecule has 0 bridgehead atoms. The van der Waals surface area contributed by atoms with Gasteiger partial charge in [0.15, 0.2) is 0 Å². The van der Waals surface area contributed by atoms with E-state index in [2.05, 4.69) is 38.4 Å². The van der Waals surface area contributed by atoms with Gasteiger partial charge in [0.25, 0.3) is 0 Å². The summed E-state index contributed by atoms with van der Waals surface area (Å²) in [6, 6.07) is 8.30. The van der Waals surface area contributed by atoms with Gasteiger partial charge in [-0.1, -0.05) is 28.1 Å². The second-order valence-electron chi connectivity index (χ2n) is 3.87. The third-order valence-electron chi connectivity index (χ3n) is 2.43. The number of hydrogen-bond donors (Lipinski definition) is 1. The lowest BCUT2D eigenvalue weighted by Crippen LogP contribution is -1.91. The van der Waals surface area contributed by atoms with Gasteiger partial charge in [0.1, 0.15) is 0 Å². The normalized spacial score (nSPS) is 10.7. The molecule has 0 radical (unpaired) electrons. The summed E-state index contributed by atoms with van der Waals surface area (Å²) in [5.74, 6) is 0. The van der Waals surface area contributed by atoms with Crippen LogP contribution in [0, 0.1) is 0 Å². The van der Waals surface area contributed by atoms with Crippen LogP contribution in [0.1, 0.15) is 22.7 Å². The smallest absolute Gasteiger partial charge is 0.0972 e. The number of thiazole rings is 1. The maximum atomic E-state index is 8.77.